The highest BCUT2D eigenvalue weighted by atomic mass is 16.1. The molecule has 2 heterocycles. The number of hydrogen-bond donors (Lipinski definition) is 1. The first-order valence-electron chi connectivity index (χ1n) is 8.87. The zero-order valence-corrected chi connectivity index (χ0v) is 14.8. The van der Waals surface area contributed by atoms with Crippen molar-refractivity contribution in [2.24, 2.45) is 0 Å². The lowest BCUT2D eigenvalue weighted by atomic mass is 10.0. The van der Waals surface area contributed by atoms with E-state index in [2.05, 4.69) is 34.4 Å². The standard InChI is InChI=1S/C22H21N3O.H2/c1-25-13-5-8-17-9-11-19(14-21(17)25)24-22(26)18-10-12-20(23-15-18)16-6-3-2-4-7-16;/h2-4,6-7,9-12,14-15H,5,8,13H2,1H3,(H,24,26);1H. The number of rotatable bonds is 3. The molecule has 0 unspecified atom stereocenters. The van der Waals surface area contributed by atoms with Gasteiger partial charge < -0.3 is 10.2 Å². The van der Waals surface area contributed by atoms with Crippen LogP contribution in [0.3, 0.4) is 0 Å². The van der Waals surface area contributed by atoms with Crippen molar-refractivity contribution in [3.63, 3.8) is 0 Å². The molecule has 3 aromatic rings. The van der Waals surface area contributed by atoms with Crippen molar-refractivity contribution in [2.75, 3.05) is 23.8 Å². The van der Waals surface area contributed by atoms with E-state index in [1.165, 1.54) is 17.7 Å². The molecule has 4 nitrogen and oxygen atoms in total. The van der Waals surface area contributed by atoms with Crippen LogP contribution in [-0.4, -0.2) is 24.5 Å². The Morgan fingerprint density at radius 2 is 1.96 bits per heavy atom. The first-order chi connectivity index (χ1) is 12.7. The highest BCUT2D eigenvalue weighted by Gasteiger charge is 2.15. The van der Waals surface area contributed by atoms with Crippen molar-refractivity contribution in [3.05, 3.63) is 78.0 Å². The highest BCUT2D eigenvalue weighted by molar-refractivity contribution is 6.04. The van der Waals surface area contributed by atoms with Gasteiger partial charge in [0.15, 0.2) is 0 Å². The minimum atomic E-state index is -0.143. The fourth-order valence-corrected chi connectivity index (χ4v) is 3.35. The van der Waals surface area contributed by atoms with E-state index in [0.717, 1.165) is 29.9 Å². The number of carbonyl (C=O) groups is 1. The topological polar surface area (TPSA) is 45.2 Å². The van der Waals surface area contributed by atoms with Crippen LogP contribution in [-0.2, 0) is 6.42 Å². The van der Waals surface area contributed by atoms with Crippen LogP contribution in [0.1, 0.15) is 23.8 Å². The number of fused-ring (bicyclic) bond motifs is 1. The Balaban J connectivity index is 0.00000210. The molecule has 0 saturated carbocycles. The average molecular weight is 345 g/mol. The number of aryl methyl sites for hydroxylation is 1. The van der Waals surface area contributed by atoms with Crippen LogP contribution in [0.2, 0.25) is 0 Å². The lowest BCUT2D eigenvalue weighted by molar-refractivity contribution is 0.102. The smallest absolute Gasteiger partial charge is 0.257 e. The van der Waals surface area contributed by atoms with Gasteiger partial charge in [-0.05, 0) is 42.7 Å². The van der Waals surface area contributed by atoms with Crippen LogP contribution in [0.5, 0.6) is 0 Å². The number of hydrogen-bond acceptors (Lipinski definition) is 3. The van der Waals surface area contributed by atoms with E-state index in [4.69, 9.17) is 0 Å². The summed E-state index contributed by atoms with van der Waals surface area (Å²) in [6.45, 7) is 1.05. The molecule has 0 spiro atoms. The highest BCUT2D eigenvalue weighted by Crippen LogP contribution is 2.29. The van der Waals surface area contributed by atoms with Crippen LogP contribution in [0, 0.1) is 0 Å². The Kier molecular flexibility index (Phi) is 4.40. The molecule has 26 heavy (non-hydrogen) atoms. The van der Waals surface area contributed by atoms with E-state index in [0.29, 0.717) is 5.56 Å². The molecule has 1 aromatic heterocycles. The van der Waals surface area contributed by atoms with Crippen molar-refractivity contribution in [3.8, 4) is 11.3 Å². The summed E-state index contributed by atoms with van der Waals surface area (Å²) in [5, 5.41) is 2.98. The van der Waals surface area contributed by atoms with Gasteiger partial charge in [0.25, 0.3) is 5.91 Å². The largest absolute Gasteiger partial charge is 0.374 e. The lowest BCUT2D eigenvalue weighted by Crippen LogP contribution is -2.24. The number of amides is 1. The third kappa shape index (κ3) is 3.31. The normalized spacial score (nSPS) is 13.2. The van der Waals surface area contributed by atoms with Crippen LogP contribution < -0.4 is 10.2 Å². The van der Waals surface area contributed by atoms with Crippen molar-refractivity contribution < 1.29 is 6.22 Å². The minimum absolute atomic E-state index is 0. The van der Waals surface area contributed by atoms with Crippen LogP contribution in [0.25, 0.3) is 11.3 Å². The minimum Gasteiger partial charge on any atom is -0.374 e. The third-order valence-corrected chi connectivity index (χ3v) is 4.79. The Labute approximate surface area is 155 Å². The van der Waals surface area contributed by atoms with Crippen LogP contribution in [0.4, 0.5) is 11.4 Å². The van der Waals surface area contributed by atoms with Crippen LogP contribution in [0.15, 0.2) is 66.9 Å². The zero-order valence-electron chi connectivity index (χ0n) is 14.8. The molecule has 4 heteroatoms. The quantitative estimate of drug-likeness (QED) is 0.753. The Hall–Kier alpha value is -3.14. The molecular weight excluding hydrogens is 322 g/mol. The monoisotopic (exact) mass is 345 g/mol. The summed E-state index contributed by atoms with van der Waals surface area (Å²) >= 11 is 0. The summed E-state index contributed by atoms with van der Waals surface area (Å²) in [5.41, 5.74) is 5.80. The van der Waals surface area contributed by atoms with E-state index in [9.17, 15) is 4.79 Å². The maximum atomic E-state index is 12.5. The summed E-state index contributed by atoms with van der Waals surface area (Å²) in [5.74, 6) is -0.143. The van der Waals surface area contributed by atoms with E-state index in [1.54, 1.807) is 6.20 Å². The zero-order chi connectivity index (χ0) is 17.9. The number of anilines is 2. The van der Waals surface area contributed by atoms with E-state index >= 15 is 0 Å². The average Bonchev–Trinajstić information content (AvgIpc) is 2.69. The SMILES string of the molecule is CN1CCCc2ccc(NC(=O)c3ccc(-c4ccccc4)nc3)cc21.[HH]. The summed E-state index contributed by atoms with van der Waals surface area (Å²) in [4.78, 5) is 19.2. The van der Waals surface area contributed by atoms with Gasteiger partial charge in [0.2, 0.25) is 0 Å². The maximum Gasteiger partial charge on any atom is 0.257 e. The first-order valence-corrected chi connectivity index (χ1v) is 8.87. The van der Waals surface area contributed by atoms with E-state index in [1.807, 2.05) is 48.5 Å². The fourth-order valence-electron chi connectivity index (χ4n) is 3.35. The molecule has 132 valence electrons. The lowest BCUT2D eigenvalue weighted by Gasteiger charge is -2.28. The second kappa shape index (κ2) is 7.00. The van der Waals surface area contributed by atoms with Crippen molar-refractivity contribution in [1.82, 2.24) is 4.98 Å². The van der Waals surface area contributed by atoms with Gasteiger partial charge >= 0.3 is 0 Å². The molecule has 1 aliphatic rings. The second-order valence-electron chi connectivity index (χ2n) is 6.62. The summed E-state index contributed by atoms with van der Waals surface area (Å²) in [7, 11) is 2.09. The van der Waals surface area contributed by atoms with Crippen molar-refractivity contribution in [2.45, 2.75) is 12.8 Å². The van der Waals surface area contributed by atoms with Gasteiger partial charge in [-0.1, -0.05) is 36.4 Å². The van der Waals surface area contributed by atoms with Crippen molar-refractivity contribution in [1.29, 1.82) is 0 Å². The maximum absolute atomic E-state index is 12.5. The third-order valence-electron chi connectivity index (χ3n) is 4.79. The number of carbonyl (C=O) groups excluding carboxylic acids is 1. The van der Waals surface area contributed by atoms with E-state index < -0.39 is 0 Å². The molecular formula is C22H23N3O. The number of pyridine rings is 1. The molecule has 0 fully saturated rings. The number of aromatic nitrogens is 1. The van der Waals surface area contributed by atoms with Crippen molar-refractivity contribution >= 4 is 17.3 Å². The molecule has 0 aliphatic carbocycles. The van der Waals surface area contributed by atoms with Gasteiger partial charge in [-0.15, -0.1) is 0 Å². The molecule has 0 bridgehead atoms. The molecule has 0 atom stereocenters. The van der Waals surface area contributed by atoms with Gasteiger partial charge in [-0.3, -0.25) is 9.78 Å². The summed E-state index contributed by atoms with van der Waals surface area (Å²) < 4.78 is 0. The predicted molar refractivity (Wildman–Crippen MR) is 108 cm³/mol. The molecule has 1 N–H and O–H groups in total. The predicted octanol–water partition coefficient (Wildman–Crippen LogP) is 4.63. The molecule has 0 saturated heterocycles. The van der Waals surface area contributed by atoms with Gasteiger partial charge in [-0.25, -0.2) is 0 Å². The number of benzene rings is 2. The first kappa shape index (κ1) is 16.3. The van der Waals surface area contributed by atoms with Gasteiger partial charge in [0.1, 0.15) is 0 Å². The van der Waals surface area contributed by atoms with E-state index in [-0.39, 0.29) is 7.33 Å². The number of nitrogens with zero attached hydrogens (tertiary/aromatic N) is 2. The van der Waals surface area contributed by atoms with Crippen LogP contribution >= 0.6 is 0 Å². The fraction of sp³-hybridized carbons (Fsp3) is 0.182. The molecule has 1 amide bonds. The Bertz CT molecular complexity index is 926. The molecule has 0 radical (unpaired) electrons. The Morgan fingerprint density at radius 1 is 1.12 bits per heavy atom. The van der Waals surface area contributed by atoms with Gasteiger partial charge in [-0.2, -0.15) is 0 Å². The Morgan fingerprint density at radius 3 is 2.73 bits per heavy atom. The van der Waals surface area contributed by atoms with Gasteiger partial charge in [0.05, 0.1) is 11.3 Å². The summed E-state index contributed by atoms with van der Waals surface area (Å²) in [6, 6.07) is 19.8. The second-order valence-corrected chi connectivity index (χ2v) is 6.62. The summed E-state index contributed by atoms with van der Waals surface area (Å²) in [6.07, 6.45) is 3.90. The molecule has 4 rings (SSSR count). The molecule has 1 aliphatic heterocycles. The molecule has 2 aromatic carbocycles. The number of nitrogens with one attached hydrogen (secondary N) is 1. The van der Waals surface area contributed by atoms with Gasteiger partial charge in [0, 0.05) is 38.2 Å².